The number of hydrogen-bond acceptors (Lipinski definition) is 5. The minimum atomic E-state index is -0.409. The number of nitrogens with one attached hydrogen (secondary N) is 1. The fourth-order valence-corrected chi connectivity index (χ4v) is 2.58. The van der Waals surface area contributed by atoms with E-state index >= 15 is 0 Å². The van der Waals surface area contributed by atoms with Gasteiger partial charge < -0.3 is 5.32 Å². The lowest BCUT2D eigenvalue weighted by molar-refractivity contribution is -0.384. The number of anilines is 1. The van der Waals surface area contributed by atoms with Crippen LogP contribution in [0.3, 0.4) is 0 Å². The van der Waals surface area contributed by atoms with Gasteiger partial charge in [-0.25, -0.2) is 4.98 Å². The van der Waals surface area contributed by atoms with E-state index in [-0.39, 0.29) is 10.4 Å². The summed E-state index contributed by atoms with van der Waals surface area (Å²) in [4.78, 5) is 14.5. The third-order valence-corrected chi connectivity index (χ3v) is 4.87. The molecule has 6 heteroatoms. The number of rotatable bonds is 7. The Labute approximate surface area is 112 Å². The van der Waals surface area contributed by atoms with Crippen LogP contribution in [0.2, 0.25) is 0 Å². The molecule has 100 valence electrons. The lowest BCUT2D eigenvalue weighted by Crippen LogP contribution is -2.32. The Bertz CT molecular complexity index is 400. The van der Waals surface area contributed by atoms with Gasteiger partial charge in [-0.05, 0) is 25.2 Å². The molecule has 0 unspecified atom stereocenters. The van der Waals surface area contributed by atoms with E-state index in [9.17, 15) is 10.1 Å². The van der Waals surface area contributed by atoms with Gasteiger partial charge in [0.15, 0.2) is 0 Å². The third-order valence-electron chi connectivity index (χ3n) is 3.28. The SMILES string of the molecule is CCC(CC)(CNc1ncccc1[N+](=O)[O-])SC. The molecule has 0 amide bonds. The molecular formula is C12H19N3O2S. The summed E-state index contributed by atoms with van der Waals surface area (Å²) in [6.07, 6.45) is 5.66. The summed E-state index contributed by atoms with van der Waals surface area (Å²) in [6, 6.07) is 3.04. The third kappa shape index (κ3) is 3.35. The molecule has 0 aliphatic rings. The Balaban J connectivity index is 2.83. The molecule has 0 aromatic carbocycles. The van der Waals surface area contributed by atoms with Gasteiger partial charge in [0, 0.05) is 23.6 Å². The van der Waals surface area contributed by atoms with Gasteiger partial charge in [0.05, 0.1) is 4.92 Å². The van der Waals surface area contributed by atoms with Crippen LogP contribution in [0.4, 0.5) is 11.5 Å². The van der Waals surface area contributed by atoms with Gasteiger partial charge in [0.1, 0.15) is 0 Å². The normalized spacial score (nSPS) is 11.3. The van der Waals surface area contributed by atoms with Gasteiger partial charge in [-0.15, -0.1) is 0 Å². The molecule has 1 aromatic rings. The minimum absolute atomic E-state index is 0.0275. The van der Waals surface area contributed by atoms with E-state index in [2.05, 4.69) is 30.4 Å². The largest absolute Gasteiger partial charge is 0.363 e. The highest BCUT2D eigenvalue weighted by atomic mass is 32.2. The van der Waals surface area contributed by atoms with Crippen LogP contribution < -0.4 is 5.32 Å². The van der Waals surface area contributed by atoms with E-state index in [0.717, 1.165) is 12.8 Å². The van der Waals surface area contributed by atoms with Gasteiger partial charge >= 0.3 is 5.69 Å². The Hall–Kier alpha value is -1.30. The molecule has 0 aliphatic carbocycles. The summed E-state index contributed by atoms with van der Waals surface area (Å²) >= 11 is 1.79. The van der Waals surface area contributed by atoms with E-state index in [1.807, 2.05) is 0 Å². The Morgan fingerprint density at radius 1 is 1.50 bits per heavy atom. The van der Waals surface area contributed by atoms with Crippen molar-refractivity contribution < 1.29 is 4.92 Å². The molecule has 0 bridgehead atoms. The molecule has 0 aliphatic heterocycles. The molecule has 0 saturated carbocycles. The molecule has 1 rings (SSSR count). The lowest BCUT2D eigenvalue weighted by Gasteiger charge is -2.29. The predicted molar refractivity (Wildman–Crippen MR) is 76.2 cm³/mol. The summed E-state index contributed by atoms with van der Waals surface area (Å²) in [6.45, 7) is 4.95. The summed E-state index contributed by atoms with van der Waals surface area (Å²) < 4.78 is 0.103. The first-order chi connectivity index (χ1) is 8.58. The molecule has 1 N–H and O–H groups in total. The van der Waals surface area contributed by atoms with Gasteiger partial charge in [-0.1, -0.05) is 13.8 Å². The van der Waals surface area contributed by atoms with E-state index in [1.54, 1.807) is 24.0 Å². The predicted octanol–water partition coefficient (Wildman–Crippen LogP) is 3.32. The molecule has 0 spiro atoms. The van der Waals surface area contributed by atoms with Gasteiger partial charge in [0.2, 0.25) is 5.82 Å². The maximum absolute atomic E-state index is 10.9. The van der Waals surface area contributed by atoms with Crippen molar-refractivity contribution in [2.45, 2.75) is 31.4 Å². The number of pyridine rings is 1. The highest BCUT2D eigenvalue weighted by Gasteiger charge is 2.26. The highest BCUT2D eigenvalue weighted by molar-refractivity contribution is 8.00. The molecule has 5 nitrogen and oxygen atoms in total. The second kappa shape index (κ2) is 6.58. The van der Waals surface area contributed by atoms with Crippen molar-refractivity contribution in [1.82, 2.24) is 4.98 Å². The Kier molecular flexibility index (Phi) is 5.40. The van der Waals surface area contributed by atoms with Crippen LogP contribution in [0.5, 0.6) is 0 Å². The Morgan fingerprint density at radius 2 is 2.17 bits per heavy atom. The summed E-state index contributed by atoms with van der Waals surface area (Å²) in [5.41, 5.74) is 0.0275. The fraction of sp³-hybridized carbons (Fsp3) is 0.583. The first kappa shape index (κ1) is 14.8. The molecule has 0 atom stereocenters. The topological polar surface area (TPSA) is 68.1 Å². The van der Waals surface area contributed by atoms with Crippen LogP contribution in [-0.4, -0.2) is 27.5 Å². The first-order valence-corrected chi connectivity index (χ1v) is 7.19. The molecule has 18 heavy (non-hydrogen) atoms. The van der Waals surface area contributed by atoms with Gasteiger partial charge in [-0.2, -0.15) is 11.8 Å². The van der Waals surface area contributed by atoms with Crippen LogP contribution in [0.15, 0.2) is 18.3 Å². The number of nitrogens with zero attached hydrogens (tertiary/aromatic N) is 2. The molecule has 0 radical (unpaired) electrons. The zero-order valence-electron chi connectivity index (χ0n) is 11.0. The monoisotopic (exact) mass is 269 g/mol. The smallest absolute Gasteiger partial charge is 0.311 e. The van der Waals surface area contributed by atoms with Crippen LogP contribution in [0.1, 0.15) is 26.7 Å². The number of hydrogen-bond donors (Lipinski definition) is 1. The quantitative estimate of drug-likeness (QED) is 0.607. The van der Waals surface area contributed by atoms with E-state index < -0.39 is 4.92 Å². The van der Waals surface area contributed by atoms with E-state index in [1.165, 1.54) is 6.07 Å². The van der Waals surface area contributed by atoms with Crippen LogP contribution in [0, 0.1) is 10.1 Å². The Morgan fingerprint density at radius 3 is 2.67 bits per heavy atom. The maximum atomic E-state index is 10.9. The average Bonchev–Trinajstić information content (AvgIpc) is 2.41. The maximum Gasteiger partial charge on any atom is 0.311 e. The van der Waals surface area contributed by atoms with E-state index in [0.29, 0.717) is 12.4 Å². The van der Waals surface area contributed by atoms with Crippen LogP contribution in [-0.2, 0) is 0 Å². The second-order valence-electron chi connectivity index (χ2n) is 4.08. The van der Waals surface area contributed by atoms with Crippen molar-refractivity contribution >= 4 is 23.3 Å². The zero-order valence-corrected chi connectivity index (χ0v) is 11.8. The zero-order chi connectivity index (χ0) is 13.6. The number of aromatic nitrogens is 1. The highest BCUT2D eigenvalue weighted by Crippen LogP contribution is 2.31. The number of thioether (sulfide) groups is 1. The van der Waals surface area contributed by atoms with Crippen molar-refractivity contribution in [2.75, 3.05) is 18.1 Å². The molecule has 0 fully saturated rings. The summed E-state index contributed by atoms with van der Waals surface area (Å²) in [7, 11) is 0. The van der Waals surface area contributed by atoms with Crippen molar-refractivity contribution in [2.24, 2.45) is 0 Å². The average molecular weight is 269 g/mol. The lowest BCUT2D eigenvalue weighted by atomic mass is 10.0. The van der Waals surface area contributed by atoms with Crippen molar-refractivity contribution in [3.05, 3.63) is 28.4 Å². The summed E-state index contributed by atoms with van der Waals surface area (Å²) in [5.74, 6) is 0.350. The van der Waals surface area contributed by atoms with Crippen molar-refractivity contribution in [3.8, 4) is 0 Å². The van der Waals surface area contributed by atoms with E-state index in [4.69, 9.17) is 0 Å². The van der Waals surface area contributed by atoms with Gasteiger partial charge in [0.25, 0.3) is 0 Å². The molecule has 1 aromatic heterocycles. The van der Waals surface area contributed by atoms with Crippen LogP contribution >= 0.6 is 11.8 Å². The van der Waals surface area contributed by atoms with Crippen LogP contribution in [0.25, 0.3) is 0 Å². The summed E-state index contributed by atoms with van der Waals surface area (Å²) in [5, 5.41) is 14.0. The molecule has 1 heterocycles. The standard InChI is InChI=1S/C12H19N3O2S/c1-4-12(5-2,18-3)9-14-11-10(15(16)17)7-6-8-13-11/h6-8H,4-5,9H2,1-3H3,(H,13,14). The number of nitro groups is 1. The van der Waals surface area contributed by atoms with Crippen molar-refractivity contribution in [3.63, 3.8) is 0 Å². The molecule has 0 saturated heterocycles. The van der Waals surface area contributed by atoms with Gasteiger partial charge in [-0.3, -0.25) is 10.1 Å². The second-order valence-corrected chi connectivity index (χ2v) is 5.35. The fourth-order valence-electron chi connectivity index (χ4n) is 1.79. The van der Waals surface area contributed by atoms with Crippen molar-refractivity contribution in [1.29, 1.82) is 0 Å². The first-order valence-electron chi connectivity index (χ1n) is 5.97. The molecular weight excluding hydrogens is 250 g/mol. The minimum Gasteiger partial charge on any atom is -0.363 e.